The maximum atomic E-state index is 13.0. The molecular formula is C24H37N3O3. The van der Waals surface area contributed by atoms with E-state index < -0.39 is 0 Å². The molecule has 2 aliphatic heterocycles. The van der Waals surface area contributed by atoms with Crippen molar-refractivity contribution in [3.63, 3.8) is 0 Å². The molecule has 0 radical (unpaired) electrons. The summed E-state index contributed by atoms with van der Waals surface area (Å²) >= 11 is 0. The molecule has 1 aromatic rings. The highest BCUT2D eigenvalue weighted by molar-refractivity contribution is 6.02. The van der Waals surface area contributed by atoms with Crippen LogP contribution in [0.5, 0.6) is 0 Å². The molecule has 0 bridgehead atoms. The number of nitrogens with zero attached hydrogens (tertiary/aromatic N) is 1. The van der Waals surface area contributed by atoms with Crippen LogP contribution in [-0.4, -0.2) is 44.2 Å². The molecule has 2 heterocycles. The lowest BCUT2D eigenvalue weighted by Crippen LogP contribution is -2.33. The highest BCUT2D eigenvalue weighted by Gasteiger charge is 2.23. The van der Waals surface area contributed by atoms with E-state index in [0.29, 0.717) is 17.8 Å². The summed E-state index contributed by atoms with van der Waals surface area (Å²) in [6, 6.07) is 5.74. The molecule has 2 amide bonds. The summed E-state index contributed by atoms with van der Waals surface area (Å²) in [5.41, 5.74) is 2.28. The molecule has 0 unspecified atom stereocenters. The van der Waals surface area contributed by atoms with Gasteiger partial charge in [-0.3, -0.25) is 9.59 Å². The number of rotatable bonds is 10. The van der Waals surface area contributed by atoms with Crippen molar-refractivity contribution < 1.29 is 14.3 Å². The summed E-state index contributed by atoms with van der Waals surface area (Å²) < 4.78 is 5.63. The topological polar surface area (TPSA) is 70.7 Å². The van der Waals surface area contributed by atoms with Gasteiger partial charge in [0.15, 0.2) is 0 Å². The van der Waals surface area contributed by atoms with Crippen LogP contribution < -0.4 is 15.5 Å². The van der Waals surface area contributed by atoms with Gasteiger partial charge in [0.1, 0.15) is 0 Å². The molecule has 2 atom stereocenters. The first kappa shape index (κ1) is 22.6. The summed E-state index contributed by atoms with van der Waals surface area (Å²) in [4.78, 5) is 28.0. The molecule has 0 aliphatic carbocycles. The first-order valence-corrected chi connectivity index (χ1v) is 11.7. The maximum absolute atomic E-state index is 13.0. The summed E-state index contributed by atoms with van der Waals surface area (Å²) in [7, 11) is 0. The van der Waals surface area contributed by atoms with E-state index in [1.165, 1.54) is 0 Å². The van der Waals surface area contributed by atoms with E-state index in [2.05, 4.69) is 29.4 Å². The highest BCUT2D eigenvalue weighted by Crippen LogP contribution is 2.28. The van der Waals surface area contributed by atoms with Gasteiger partial charge in [-0.15, -0.1) is 0 Å². The van der Waals surface area contributed by atoms with Crippen LogP contribution >= 0.6 is 0 Å². The quantitative estimate of drug-likeness (QED) is 0.596. The zero-order chi connectivity index (χ0) is 21.3. The van der Waals surface area contributed by atoms with E-state index in [1.54, 1.807) is 0 Å². The Hall–Kier alpha value is -2.08. The molecule has 2 N–H and O–H groups in total. The molecule has 2 saturated heterocycles. The molecule has 6 heteroatoms. The first-order valence-electron chi connectivity index (χ1n) is 11.7. The molecule has 30 heavy (non-hydrogen) atoms. The van der Waals surface area contributed by atoms with E-state index in [0.717, 1.165) is 76.8 Å². The summed E-state index contributed by atoms with van der Waals surface area (Å²) in [5.74, 6) is -0.0351. The van der Waals surface area contributed by atoms with Crippen LogP contribution in [0.2, 0.25) is 0 Å². The lowest BCUT2D eigenvalue weighted by molar-refractivity contribution is -0.120. The third-order valence-corrected chi connectivity index (χ3v) is 6.24. The Morgan fingerprint density at radius 3 is 2.67 bits per heavy atom. The van der Waals surface area contributed by atoms with E-state index in [1.807, 2.05) is 18.2 Å². The maximum Gasteiger partial charge on any atom is 0.253 e. The standard InChI is InChI=1S/C24H37N3O3/c1-3-5-9-18(4-2)23(28)26-19-11-12-22(27-13-6-7-14-27)21(16-19)24(29)25-17-20-10-8-15-30-20/h11-12,16,18,20H,3-10,13-15,17H2,1-2H3,(H,25,29)(H,26,28)/t18-,20+/m0/s1. The Kier molecular flexibility index (Phi) is 8.55. The van der Waals surface area contributed by atoms with Crippen LogP contribution in [0, 0.1) is 5.92 Å². The molecule has 166 valence electrons. The highest BCUT2D eigenvalue weighted by atomic mass is 16.5. The molecular weight excluding hydrogens is 378 g/mol. The fraction of sp³-hybridized carbons (Fsp3) is 0.667. The van der Waals surface area contributed by atoms with Gasteiger partial charge in [0.05, 0.1) is 11.7 Å². The molecule has 3 rings (SSSR count). The van der Waals surface area contributed by atoms with Crippen molar-refractivity contribution in [3.05, 3.63) is 23.8 Å². The monoisotopic (exact) mass is 415 g/mol. The molecule has 2 fully saturated rings. The number of hydrogen-bond acceptors (Lipinski definition) is 4. The van der Waals surface area contributed by atoms with Gasteiger partial charge in [-0.25, -0.2) is 0 Å². The number of carbonyl (C=O) groups is 2. The van der Waals surface area contributed by atoms with Crippen molar-refractivity contribution in [1.29, 1.82) is 0 Å². The number of nitrogens with one attached hydrogen (secondary N) is 2. The van der Waals surface area contributed by atoms with Gasteiger partial charge in [0, 0.05) is 43.5 Å². The van der Waals surface area contributed by atoms with Crippen LogP contribution in [0.3, 0.4) is 0 Å². The fourth-order valence-corrected chi connectivity index (χ4v) is 4.35. The summed E-state index contributed by atoms with van der Waals surface area (Å²) in [6.07, 6.45) is 8.31. The van der Waals surface area contributed by atoms with E-state index in [9.17, 15) is 9.59 Å². The smallest absolute Gasteiger partial charge is 0.253 e. The van der Waals surface area contributed by atoms with E-state index in [4.69, 9.17) is 4.74 Å². The van der Waals surface area contributed by atoms with Crippen molar-refractivity contribution in [2.45, 2.75) is 71.3 Å². The first-order chi connectivity index (χ1) is 14.6. The number of benzene rings is 1. The van der Waals surface area contributed by atoms with Crippen LogP contribution in [-0.2, 0) is 9.53 Å². The predicted molar refractivity (Wildman–Crippen MR) is 121 cm³/mol. The van der Waals surface area contributed by atoms with Gasteiger partial charge in [-0.2, -0.15) is 0 Å². The van der Waals surface area contributed by atoms with Crippen LogP contribution in [0.15, 0.2) is 18.2 Å². The summed E-state index contributed by atoms with van der Waals surface area (Å²) in [6.45, 7) is 7.43. The zero-order valence-corrected chi connectivity index (χ0v) is 18.5. The van der Waals surface area contributed by atoms with Crippen molar-refractivity contribution in [2.75, 3.05) is 36.5 Å². The van der Waals surface area contributed by atoms with E-state index in [-0.39, 0.29) is 23.8 Å². The lowest BCUT2D eigenvalue weighted by atomic mass is 9.98. The molecule has 0 saturated carbocycles. The Bertz CT molecular complexity index is 710. The molecule has 0 aromatic heterocycles. The summed E-state index contributed by atoms with van der Waals surface area (Å²) in [5, 5.41) is 6.09. The largest absolute Gasteiger partial charge is 0.376 e. The Labute approximate surface area is 180 Å². The van der Waals surface area contributed by atoms with Gasteiger partial charge in [-0.05, 0) is 56.7 Å². The third-order valence-electron chi connectivity index (χ3n) is 6.24. The Morgan fingerprint density at radius 2 is 2.00 bits per heavy atom. The minimum Gasteiger partial charge on any atom is -0.376 e. The SMILES string of the molecule is CCCC[C@H](CC)C(=O)Nc1ccc(N2CCCC2)c(C(=O)NC[C@H]2CCCO2)c1. The minimum atomic E-state index is -0.0958. The number of hydrogen-bond donors (Lipinski definition) is 2. The second kappa shape index (κ2) is 11.3. The zero-order valence-electron chi connectivity index (χ0n) is 18.5. The fourth-order valence-electron chi connectivity index (χ4n) is 4.35. The predicted octanol–water partition coefficient (Wildman–Crippen LogP) is 4.35. The van der Waals surface area contributed by atoms with Crippen LogP contribution in [0.4, 0.5) is 11.4 Å². The second-order valence-corrected chi connectivity index (χ2v) is 8.51. The number of anilines is 2. The van der Waals surface area contributed by atoms with Crippen LogP contribution in [0.25, 0.3) is 0 Å². The number of amides is 2. The van der Waals surface area contributed by atoms with Gasteiger partial charge < -0.3 is 20.3 Å². The van der Waals surface area contributed by atoms with Crippen LogP contribution in [0.1, 0.15) is 75.6 Å². The molecule has 0 spiro atoms. The second-order valence-electron chi connectivity index (χ2n) is 8.51. The third kappa shape index (κ3) is 5.97. The minimum absolute atomic E-state index is 0.0139. The lowest BCUT2D eigenvalue weighted by Gasteiger charge is -2.23. The average Bonchev–Trinajstić information content (AvgIpc) is 3.47. The van der Waals surface area contributed by atoms with Crippen molar-refractivity contribution >= 4 is 23.2 Å². The number of carbonyl (C=O) groups excluding carboxylic acids is 2. The number of unbranched alkanes of at least 4 members (excludes halogenated alkanes) is 1. The van der Waals surface area contributed by atoms with Gasteiger partial charge in [0.25, 0.3) is 5.91 Å². The molecule has 2 aliphatic rings. The van der Waals surface area contributed by atoms with Gasteiger partial charge in [0.2, 0.25) is 5.91 Å². The van der Waals surface area contributed by atoms with Crippen molar-refractivity contribution in [1.82, 2.24) is 5.32 Å². The van der Waals surface area contributed by atoms with Gasteiger partial charge >= 0.3 is 0 Å². The normalized spacial score (nSPS) is 19.7. The molecule has 1 aromatic carbocycles. The van der Waals surface area contributed by atoms with Crippen molar-refractivity contribution in [2.24, 2.45) is 5.92 Å². The van der Waals surface area contributed by atoms with Crippen molar-refractivity contribution in [3.8, 4) is 0 Å². The van der Waals surface area contributed by atoms with E-state index >= 15 is 0 Å². The Balaban J connectivity index is 1.73. The number of ether oxygens (including phenoxy) is 1. The Morgan fingerprint density at radius 1 is 1.20 bits per heavy atom. The molecule has 6 nitrogen and oxygen atoms in total. The average molecular weight is 416 g/mol. The van der Waals surface area contributed by atoms with Gasteiger partial charge in [-0.1, -0.05) is 26.7 Å².